The predicted octanol–water partition coefficient (Wildman–Crippen LogP) is 2.97. The Balaban J connectivity index is 1.80. The standard InChI is InChI=1S/C19H25ClN2O4/c1-12-5-4-6-21(10-12)19(24)13-7-18(23)22(11-13)15-8-14(20)16(25-2)9-17(15)26-3/h8-9,12-13H,4-7,10-11H2,1-3H3/t12-,13+/m0/s1. The molecule has 0 saturated carbocycles. The van der Waals surface area contributed by atoms with E-state index in [0.29, 0.717) is 34.7 Å². The van der Waals surface area contributed by atoms with E-state index in [0.717, 1.165) is 25.9 Å². The normalized spacial score (nSPS) is 23.3. The number of likely N-dealkylation sites (tertiary alicyclic amines) is 1. The van der Waals surface area contributed by atoms with Crippen LogP contribution in [0.25, 0.3) is 0 Å². The summed E-state index contributed by atoms with van der Waals surface area (Å²) in [5, 5.41) is 0.399. The van der Waals surface area contributed by atoms with Crippen LogP contribution in [-0.4, -0.2) is 50.6 Å². The van der Waals surface area contributed by atoms with Crippen molar-refractivity contribution >= 4 is 29.1 Å². The molecule has 26 heavy (non-hydrogen) atoms. The minimum absolute atomic E-state index is 0.0750. The third-order valence-electron chi connectivity index (χ3n) is 5.19. The summed E-state index contributed by atoms with van der Waals surface area (Å²) in [4.78, 5) is 29.0. The smallest absolute Gasteiger partial charge is 0.228 e. The molecule has 2 saturated heterocycles. The average Bonchev–Trinajstić information content (AvgIpc) is 3.02. The number of halogens is 1. The fourth-order valence-corrected chi connectivity index (χ4v) is 4.04. The van der Waals surface area contributed by atoms with Gasteiger partial charge in [-0.3, -0.25) is 9.59 Å². The summed E-state index contributed by atoms with van der Waals surface area (Å²) in [7, 11) is 3.06. The van der Waals surface area contributed by atoms with Gasteiger partial charge in [-0.05, 0) is 24.8 Å². The van der Waals surface area contributed by atoms with Gasteiger partial charge in [0.05, 0.1) is 30.8 Å². The Kier molecular flexibility index (Phi) is 5.61. The second-order valence-electron chi connectivity index (χ2n) is 7.10. The minimum Gasteiger partial charge on any atom is -0.495 e. The van der Waals surface area contributed by atoms with Crippen LogP contribution in [0.3, 0.4) is 0 Å². The molecule has 7 heteroatoms. The summed E-state index contributed by atoms with van der Waals surface area (Å²) >= 11 is 6.23. The number of methoxy groups -OCH3 is 2. The first-order chi connectivity index (χ1) is 12.4. The lowest BCUT2D eigenvalue weighted by Crippen LogP contribution is -2.43. The van der Waals surface area contributed by atoms with Crippen molar-refractivity contribution in [3.63, 3.8) is 0 Å². The van der Waals surface area contributed by atoms with E-state index in [1.165, 1.54) is 14.2 Å². The van der Waals surface area contributed by atoms with Gasteiger partial charge in [0, 0.05) is 32.1 Å². The van der Waals surface area contributed by atoms with E-state index in [1.54, 1.807) is 17.0 Å². The molecule has 3 rings (SSSR count). The third-order valence-corrected chi connectivity index (χ3v) is 5.48. The largest absolute Gasteiger partial charge is 0.495 e. The Hall–Kier alpha value is -1.95. The number of carbonyl (C=O) groups excluding carboxylic acids is 2. The molecule has 142 valence electrons. The summed E-state index contributed by atoms with van der Waals surface area (Å²) < 4.78 is 10.6. The lowest BCUT2D eigenvalue weighted by atomic mass is 9.98. The van der Waals surface area contributed by atoms with Gasteiger partial charge < -0.3 is 19.3 Å². The Morgan fingerprint density at radius 1 is 1.19 bits per heavy atom. The highest BCUT2D eigenvalue weighted by atomic mass is 35.5. The fraction of sp³-hybridized carbons (Fsp3) is 0.579. The third kappa shape index (κ3) is 3.61. The van der Waals surface area contributed by atoms with Crippen molar-refractivity contribution in [1.82, 2.24) is 4.90 Å². The van der Waals surface area contributed by atoms with Gasteiger partial charge >= 0.3 is 0 Å². The maximum absolute atomic E-state index is 12.9. The number of anilines is 1. The highest BCUT2D eigenvalue weighted by Gasteiger charge is 2.39. The zero-order chi connectivity index (χ0) is 18.8. The van der Waals surface area contributed by atoms with Gasteiger partial charge in [0.1, 0.15) is 11.5 Å². The minimum atomic E-state index is -0.321. The molecule has 2 atom stereocenters. The van der Waals surface area contributed by atoms with Gasteiger partial charge in [0.2, 0.25) is 11.8 Å². The highest BCUT2D eigenvalue weighted by molar-refractivity contribution is 6.32. The van der Waals surface area contributed by atoms with Crippen molar-refractivity contribution in [1.29, 1.82) is 0 Å². The first-order valence-corrected chi connectivity index (χ1v) is 9.33. The maximum Gasteiger partial charge on any atom is 0.228 e. The van der Waals surface area contributed by atoms with E-state index in [4.69, 9.17) is 21.1 Å². The Morgan fingerprint density at radius 3 is 2.58 bits per heavy atom. The number of nitrogens with zero attached hydrogens (tertiary/aromatic N) is 2. The zero-order valence-corrected chi connectivity index (χ0v) is 16.2. The molecule has 0 unspecified atom stereocenters. The summed E-state index contributed by atoms with van der Waals surface area (Å²) in [6, 6.07) is 3.32. The van der Waals surface area contributed by atoms with Crippen molar-refractivity contribution in [3.05, 3.63) is 17.2 Å². The molecule has 0 aromatic heterocycles. The van der Waals surface area contributed by atoms with Crippen LogP contribution in [0.4, 0.5) is 5.69 Å². The number of ether oxygens (including phenoxy) is 2. The van der Waals surface area contributed by atoms with E-state index in [-0.39, 0.29) is 24.2 Å². The quantitative estimate of drug-likeness (QED) is 0.805. The molecule has 1 aromatic carbocycles. The molecule has 2 fully saturated rings. The molecular weight excluding hydrogens is 356 g/mol. The number of piperidine rings is 1. The summed E-state index contributed by atoms with van der Waals surface area (Å²) in [5.41, 5.74) is 0.575. The fourth-order valence-electron chi connectivity index (χ4n) is 3.81. The SMILES string of the molecule is COc1cc(OC)c(N2C[C@H](C(=O)N3CCC[C@H](C)C3)CC2=O)cc1Cl. The lowest BCUT2D eigenvalue weighted by molar-refractivity contribution is -0.137. The molecule has 2 aliphatic rings. The van der Waals surface area contributed by atoms with E-state index < -0.39 is 0 Å². The Bertz CT molecular complexity index is 709. The van der Waals surface area contributed by atoms with E-state index in [2.05, 4.69) is 6.92 Å². The Labute approximate surface area is 159 Å². The van der Waals surface area contributed by atoms with Crippen LogP contribution in [0.15, 0.2) is 12.1 Å². The van der Waals surface area contributed by atoms with Gasteiger partial charge in [0.25, 0.3) is 0 Å². The summed E-state index contributed by atoms with van der Waals surface area (Å²) in [6.07, 6.45) is 2.40. The van der Waals surface area contributed by atoms with E-state index in [9.17, 15) is 9.59 Å². The van der Waals surface area contributed by atoms with Gasteiger partial charge in [-0.2, -0.15) is 0 Å². The van der Waals surface area contributed by atoms with Crippen molar-refractivity contribution in [2.45, 2.75) is 26.2 Å². The molecule has 2 amide bonds. The molecule has 0 bridgehead atoms. The molecular formula is C19H25ClN2O4. The Morgan fingerprint density at radius 2 is 1.92 bits per heavy atom. The van der Waals surface area contributed by atoms with Crippen LogP contribution in [0, 0.1) is 11.8 Å². The first-order valence-electron chi connectivity index (χ1n) is 8.95. The topological polar surface area (TPSA) is 59.1 Å². The molecule has 6 nitrogen and oxygen atoms in total. The highest BCUT2D eigenvalue weighted by Crippen LogP contribution is 2.40. The van der Waals surface area contributed by atoms with Gasteiger partial charge in [-0.25, -0.2) is 0 Å². The predicted molar refractivity (Wildman–Crippen MR) is 100.0 cm³/mol. The van der Waals surface area contributed by atoms with Crippen LogP contribution in [0.5, 0.6) is 11.5 Å². The van der Waals surface area contributed by atoms with Crippen molar-refractivity contribution in [2.24, 2.45) is 11.8 Å². The molecule has 2 heterocycles. The number of rotatable bonds is 4. The van der Waals surface area contributed by atoms with Crippen molar-refractivity contribution in [3.8, 4) is 11.5 Å². The molecule has 0 N–H and O–H groups in total. The lowest BCUT2D eigenvalue weighted by Gasteiger charge is -2.32. The molecule has 0 spiro atoms. The summed E-state index contributed by atoms with van der Waals surface area (Å²) in [6.45, 7) is 4.07. The van der Waals surface area contributed by atoms with E-state index in [1.807, 2.05) is 4.90 Å². The maximum atomic E-state index is 12.9. The number of hydrogen-bond acceptors (Lipinski definition) is 4. The van der Waals surface area contributed by atoms with Crippen LogP contribution in [0.1, 0.15) is 26.2 Å². The van der Waals surface area contributed by atoms with Crippen LogP contribution in [0.2, 0.25) is 5.02 Å². The molecule has 2 aliphatic heterocycles. The molecule has 0 radical (unpaired) electrons. The van der Waals surface area contributed by atoms with Crippen LogP contribution >= 0.6 is 11.6 Å². The van der Waals surface area contributed by atoms with Crippen LogP contribution in [-0.2, 0) is 9.59 Å². The summed E-state index contributed by atoms with van der Waals surface area (Å²) in [5.74, 6) is 1.16. The first kappa shape index (κ1) is 18.8. The number of hydrogen-bond donors (Lipinski definition) is 0. The van der Waals surface area contributed by atoms with Crippen LogP contribution < -0.4 is 14.4 Å². The van der Waals surface area contributed by atoms with Gasteiger partial charge in [0.15, 0.2) is 0 Å². The number of carbonyl (C=O) groups is 2. The van der Waals surface area contributed by atoms with Gasteiger partial charge in [-0.15, -0.1) is 0 Å². The molecule has 0 aliphatic carbocycles. The second-order valence-corrected chi connectivity index (χ2v) is 7.50. The van der Waals surface area contributed by atoms with E-state index >= 15 is 0 Å². The van der Waals surface area contributed by atoms with Crippen molar-refractivity contribution < 1.29 is 19.1 Å². The monoisotopic (exact) mass is 380 g/mol. The second kappa shape index (κ2) is 7.74. The zero-order valence-electron chi connectivity index (χ0n) is 15.5. The molecule has 1 aromatic rings. The number of benzene rings is 1. The van der Waals surface area contributed by atoms with Crippen molar-refractivity contribution in [2.75, 3.05) is 38.8 Å². The number of amides is 2. The van der Waals surface area contributed by atoms with Gasteiger partial charge in [-0.1, -0.05) is 18.5 Å². The average molecular weight is 381 g/mol.